The molecule has 0 aliphatic carbocycles. The number of hydrogen-bond acceptors (Lipinski definition) is 2. The molecule has 3 heteroatoms. The number of fused-ring (bicyclic) bond motifs is 1. The van der Waals surface area contributed by atoms with Crippen molar-refractivity contribution in [2.24, 2.45) is 0 Å². The van der Waals surface area contributed by atoms with Gasteiger partial charge in [-0.1, -0.05) is 18.2 Å². The molecule has 0 radical (unpaired) electrons. The van der Waals surface area contributed by atoms with Crippen molar-refractivity contribution in [1.29, 1.82) is 0 Å². The van der Waals surface area contributed by atoms with E-state index >= 15 is 0 Å². The standard InChI is InChI=1S/C14H19NO2/c1-3-16-14(17-4-2)9-11-10-15-13-8-6-5-7-12(11)13/h5-8,10,14-15H,3-4,9H2,1-2H3. The van der Waals surface area contributed by atoms with Crippen LogP contribution in [0, 0.1) is 0 Å². The van der Waals surface area contributed by atoms with Crippen LogP contribution in [0.2, 0.25) is 0 Å². The van der Waals surface area contributed by atoms with E-state index in [1.807, 2.05) is 26.1 Å². The molecule has 0 aliphatic rings. The lowest BCUT2D eigenvalue weighted by atomic mass is 10.1. The molecule has 0 atom stereocenters. The van der Waals surface area contributed by atoms with Crippen molar-refractivity contribution in [2.75, 3.05) is 13.2 Å². The average molecular weight is 233 g/mol. The van der Waals surface area contributed by atoms with Gasteiger partial charge in [0.15, 0.2) is 6.29 Å². The van der Waals surface area contributed by atoms with Crippen molar-refractivity contribution in [3.8, 4) is 0 Å². The molecule has 1 heterocycles. The van der Waals surface area contributed by atoms with Crippen LogP contribution in [0.1, 0.15) is 19.4 Å². The molecule has 1 aromatic heterocycles. The van der Waals surface area contributed by atoms with Crippen LogP contribution in [-0.4, -0.2) is 24.5 Å². The second-order valence-corrected chi connectivity index (χ2v) is 3.90. The zero-order valence-electron chi connectivity index (χ0n) is 10.4. The van der Waals surface area contributed by atoms with Crippen LogP contribution in [0.15, 0.2) is 30.5 Å². The number of H-pyrrole nitrogens is 1. The average Bonchev–Trinajstić information content (AvgIpc) is 2.74. The fraction of sp³-hybridized carbons (Fsp3) is 0.429. The Morgan fingerprint density at radius 1 is 1.12 bits per heavy atom. The summed E-state index contributed by atoms with van der Waals surface area (Å²) in [5.74, 6) is 0. The molecule has 0 aliphatic heterocycles. The number of hydrogen-bond donors (Lipinski definition) is 1. The number of nitrogens with one attached hydrogen (secondary N) is 1. The minimum Gasteiger partial charge on any atom is -0.361 e. The van der Waals surface area contributed by atoms with E-state index in [0.29, 0.717) is 13.2 Å². The monoisotopic (exact) mass is 233 g/mol. The molecular weight excluding hydrogens is 214 g/mol. The number of aromatic amines is 1. The maximum Gasteiger partial charge on any atom is 0.161 e. The number of rotatable bonds is 6. The summed E-state index contributed by atoms with van der Waals surface area (Å²) in [6, 6.07) is 8.28. The van der Waals surface area contributed by atoms with E-state index in [1.54, 1.807) is 0 Å². The van der Waals surface area contributed by atoms with Gasteiger partial charge in [-0.15, -0.1) is 0 Å². The lowest BCUT2D eigenvalue weighted by molar-refractivity contribution is -0.134. The van der Waals surface area contributed by atoms with Gasteiger partial charge in [0.1, 0.15) is 0 Å². The Morgan fingerprint density at radius 3 is 2.53 bits per heavy atom. The topological polar surface area (TPSA) is 34.2 Å². The zero-order chi connectivity index (χ0) is 12.1. The summed E-state index contributed by atoms with van der Waals surface area (Å²) in [6.07, 6.45) is 2.67. The Hall–Kier alpha value is -1.32. The molecule has 0 spiro atoms. The van der Waals surface area contributed by atoms with Gasteiger partial charge in [-0.25, -0.2) is 0 Å². The SMILES string of the molecule is CCOC(Cc1c[nH]c2ccccc12)OCC. The van der Waals surface area contributed by atoms with Crippen molar-refractivity contribution in [3.05, 3.63) is 36.0 Å². The van der Waals surface area contributed by atoms with E-state index in [9.17, 15) is 0 Å². The maximum absolute atomic E-state index is 5.57. The normalized spacial score (nSPS) is 11.5. The molecule has 0 fully saturated rings. The van der Waals surface area contributed by atoms with E-state index in [0.717, 1.165) is 11.9 Å². The van der Waals surface area contributed by atoms with Gasteiger partial charge in [-0.05, 0) is 25.5 Å². The summed E-state index contributed by atoms with van der Waals surface area (Å²) >= 11 is 0. The van der Waals surface area contributed by atoms with Gasteiger partial charge >= 0.3 is 0 Å². The third-order valence-corrected chi connectivity index (χ3v) is 2.77. The fourth-order valence-electron chi connectivity index (χ4n) is 2.02. The van der Waals surface area contributed by atoms with Gasteiger partial charge in [-0.2, -0.15) is 0 Å². The van der Waals surface area contributed by atoms with Crippen LogP contribution in [0.4, 0.5) is 0 Å². The summed E-state index contributed by atoms with van der Waals surface area (Å²) in [4.78, 5) is 3.27. The van der Waals surface area contributed by atoms with Crippen LogP contribution < -0.4 is 0 Å². The summed E-state index contributed by atoms with van der Waals surface area (Å²) in [6.45, 7) is 5.32. The molecule has 0 bridgehead atoms. The quantitative estimate of drug-likeness (QED) is 0.778. The summed E-state index contributed by atoms with van der Waals surface area (Å²) in [7, 11) is 0. The molecule has 0 unspecified atom stereocenters. The molecule has 0 saturated carbocycles. The third-order valence-electron chi connectivity index (χ3n) is 2.77. The van der Waals surface area contributed by atoms with Crippen LogP contribution in [0.25, 0.3) is 10.9 Å². The third kappa shape index (κ3) is 2.87. The van der Waals surface area contributed by atoms with Crippen molar-refractivity contribution in [1.82, 2.24) is 4.98 Å². The molecule has 0 saturated heterocycles. The molecule has 17 heavy (non-hydrogen) atoms. The van der Waals surface area contributed by atoms with Crippen LogP contribution in [0.5, 0.6) is 0 Å². The first-order valence-electron chi connectivity index (χ1n) is 6.13. The molecule has 1 N–H and O–H groups in total. The van der Waals surface area contributed by atoms with Crippen LogP contribution >= 0.6 is 0 Å². The highest BCUT2D eigenvalue weighted by atomic mass is 16.7. The second-order valence-electron chi connectivity index (χ2n) is 3.90. The smallest absolute Gasteiger partial charge is 0.161 e. The van der Waals surface area contributed by atoms with Crippen molar-refractivity contribution in [3.63, 3.8) is 0 Å². The summed E-state index contributed by atoms with van der Waals surface area (Å²) in [5, 5.41) is 1.25. The summed E-state index contributed by atoms with van der Waals surface area (Å²) < 4.78 is 11.1. The molecule has 0 amide bonds. The Morgan fingerprint density at radius 2 is 1.82 bits per heavy atom. The minimum absolute atomic E-state index is 0.149. The van der Waals surface area contributed by atoms with Crippen LogP contribution in [0.3, 0.4) is 0 Å². The molecule has 2 aromatic rings. The first kappa shape index (κ1) is 12.1. The van der Waals surface area contributed by atoms with Crippen molar-refractivity contribution < 1.29 is 9.47 Å². The first-order valence-corrected chi connectivity index (χ1v) is 6.13. The number of aromatic nitrogens is 1. The lowest BCUT2D eigenvalue weighted by Gasteiger charge is -2.16. The van der Waals surface area contributed by atoms with E-state index in [2.05, 4.69) is 23.2 Å². The largest absolute Gasteiger partial charge is 0.361 e. The molecular formula is C14H19NO2. The first-order chi connectivity index (χ1) is 8.35. The van der Waals surface area contributed by atoms with Crippen molar-refractivity contribution >= 4 is 10.9 Å². The summed E-state index contributed by atoms with van der Waals surface area (Å²) in [5.41, 5.74) is 2.40. The molecule has 2 rings (SSSR count). The van der Waals surface area contributed by atoms with E-state index in [1.165, 1.54) is 10.9 Å². The van der Waals surface area contributed by atoms with Gasteiger partial charge in [0.05, 0.1) is 0 Å². The Bertz CT molecular complexity index is 458. The Kier molecular flexibility index (Phi) is 4.18. The van der Waals surface area contributed by atoms with Crippen molar-refractivity contribution in [2.45, 2.75) is 26.6 Å². The van der Waals surface area contributed by atoms with Crippen LogP contribution in [-0.2, 0) is 15.9 Å². The van der Waals surface area contributed by atoms with Gasteiger partial charge in [0, 0.05) is 36.7 Å². The Labute approximate surface area is 102 Å². The highest BCUT2D eigenvalue weighted by molar-refractivity contribution is 5.83. The zero-order valence-corrected chi connectivity index (χ0v) is 10.4. The van der Waals surface area contributed by atoms with Gasteiger partial charge in [-0.3, -0.25) is 0 Å². The predicted octanol–water partition coefficient (Wildman–Crippen LogP) is 3.11. The van der Waals surface area contributed by atoms with E-state index < -0.39 is 0 Å². The number of benzene rings is 1. The maximum atomic E-state index is 5.57. The molecule has 92 valence electrons. The molecule has 1 aromatic carbocycles. The predicted molar refractivity (Wildman–Crippen MR) is 69.0 cm³/mol. The Balaban J connectivity index is 2.15. The van der Waals surface area contributed by atoms with Gasteiger partial charge in [0.25, 0.3) is 0 Å². The highest BCUT2D eigenvalue weighted by Gasteiger charge is 2.12. The fourth-order valence-corrected chi connectivity index (χ4v) is 2.02. The lowest BCUT2D eigenvalue weighted by Crippen LogP contribution is -2.19. The second kappa shape index (κ2) is 5.84. The molecule has 3 nitrogen and oxygen atoms in total. The van der Waals surface area contributed by atoms with E-state index in [4.69, 9.17) is 9.47 Å². The number of para-hydroxylation sites is 1. The highest BCUT2D eigenvalue weighted by Crippen LogP contribution is 2.20. The van der Waals surface area contributed by atoms with Gasteiger partial charge < -0.3 is 14.5 Å². The number of ether oxygens (including phenoxy) is 2. The minimum atomic E-state index is -0.149. The van der Waals surface area contributed by atoms with E-state index in [-0.39, 0.29) is 6.29 Å². The van der Waals surface area contributed by atoms with Gasteiger partial charge in [0.2, 0.25) is 0 Å².